The lowest BCUT2D eigenvalue weighted by Gasteiger charge is -2.34. The number of hydrogen-bond acceptors (Lipinski definition) is 5. The fourth-order valence-electron chi connectivity index (χ4n) is 0.572. The first kappa shape index (κ1) is 14.6. The third-order valence-electron chi connectivity index (χ3n) is 1.60. The van der Waals surface area contributed by atoms with Crippen molar-refractivity contribution in [1.29, 1.82) is 0 Å². The van der Waals surface area contributed by atoms with Crippen molar-refractivity contribution in [1.82, 2.24) is 0 Å². The molecule has 0 saturated carbocycles. The van der Waals surface area contributed by atoms with E-state index in [4.69, 9.17) is 0 Å². The van der Waals surface area contributed by atoms with Crippen LogP contribution in [0.4, 0.5) is 13.2 Å². The van der Waals surface area contributed by atoms with Gasteiger partial charge in [0.1, 0.15) is 0 Å². The summed E-state index contributed by atoms with van der Waals surface area (Å²) >= 11 is 0. The highest BCUT2D eigenvalue weighted by atomic mass is 32.3. The number of sulfonamides is 2. The Morgan fingerprint density at radius 1 is 1.20 bits per heavy atom. The number of rotatable bonds is 3. The smallest absolute Gasteiger partial charge is 0.551 e. The molecular weight excluding hydrogens is 263 g/mol. The van der Waals surface area contributed by atoms with Crippen molar-refractivity contribution < 1.29 is 33.5 Å². The van der Waals surface area contributed by atoms with Crippen molar-refractivity contribution in [3.05, 3.63) is 5.21 Å². The average Bonchev–Trinajstić information content (AvgIpc) is 2.01. The number of alkyl halides is 3. The molecule has 0 aromatic carbocycles. The molecule has 0 saturated heterocycles. The highest BCUT2D eigenvalue weighted by Crippen LogP contribution is 2.32. The van der Waals surface area contributed by atoms with Crippen molar-refractivity contribution >= 4 is 20.0 Å². The molecule has 0 aliphatic heterocycles. The number of hydroxylamine groups is 1. The molecule has 0 aliphatic rings. The summed E-state index contributed by atoms with van der Waals surface area (Å²) in [5.74, 6) is -1.01. The molecule has 0 fully saturated rings. The van der Waals surface area contributed by atoms with Gasteiger partial charge in [0.15, 0.2) is 0 Å². The first-order valence-corrected chi connectivity index (χ1v) is 6.48. The van der Waals surface area contributed by atoms with Crippen molar-refractivity contribution in [3.8, 4) is 0 Å². The summed E-state index contributed by atoms with van der Waals surface area (Å²) in [6.45, 7) is 0.871. The van der Waals surface area contributed by atoms with Crippen LogP contribution in [0.25, 0.3) is 0 Å². The van der Waals surface area contributed by atoms with Crippen LogP contribution >= 0.6 is 0 Å². The minimum atomic E-state index is -6.35. The van der Waals surface area contributed by atoms with Gasteiger partial charge in [0.05, 0.1) is 12.8 Å². The lowest BCUT2D eigenvalue weighted by Crippen LogP contribution is -2.54. The van der Waals surface area contributed by atoms with Crippen molar-refractivity contribution in [2.24, 2.45) is 0 Å². The molecule has 0 spiro atoms. The van der Waals surface area contributed by atoms with Gasteiger partial charge in [0, 0.05) is 0 Å². The Kier molecular flexibility index (Phi) is 3.48. The van der Waals surface area contributed by atoms with Gasteiger partial charge >= 0.3 is 25.6 Å². The van der Waals surface area contributed by atoms with E-state index in [1.165, 1.54) is 0 Å². The molecular formula is C4H8F3NO5S2. The second kappa shape index (κ2) is 3.57. The zero-order chi connectivity index (χ0) is 12.7. The molecule has 11 heteroatoms. The molecule has 6 nitrogen and oxygen atoms in total. The van der Waals surface area contributed by atoms with Gasteiger partial charge in [-0.2, -0.15) is 30.0 Å². The minimum Gasteiger partial charge on any atom is -0.601 e. The summed E-state index contributed by atoms with van der Waals surface area (Å²) in [6.07, 6.45) is 0. The van der Waals surface area contributed by atoms with Crippen molar-refractivity contribution in [2.45, 2.75) is 12.4 Å². The molecule has 92 valence electrons. The Hall–Kier alpha value is -0.390. The van der Waals surface area contributed by atoms with Gasteiger partial charge in [0.2, 0.25) is 0 Å². The van der Waals surface area contributed by atoms with E-state index in [0.29, 0.717) is 0 Å². The Balaban J connectivity index is 5.85. The summed E-state index contributed by atoms with van der Waals surface area (Å²) in [4.78, 5) is 0. The zero-order valence-electron chi connectivity index (χ0n) is 7.65. The molecule has 0 aromatic rings. The second-order valence-corrected chi connectivity index (χ2v) is 7.34. The number of halogens is 3. The summed E-state index contributed by atoms with van der Waals surface area (Å²) in [5, 5.41) is 11.1. The quantitative estimate of drug-likeness (QED) is 0.537. The van der Waals surface area contributed by atoms with Gasteiger partial charge in [-0.05, 0) is 6.92 Å². The Bertz CT molecular complexity index is 433. The standard InChI is InChI=1S/C4H8F3NO5S2/c1-3-14(10,11)8(2,9)15(12,13)4(5,6)7/h3H2,1-2H3. The van der Waals surface area contributed by atoms with Crippen LogP contribution in [-0.2, 0) is 20.0 Å². The topological polar surface area (TPSA) is 91.3 Å². The van der Waals surface area contributed by atoms with E-state index in [1.807, 2.05) is 0 Å². The Morgan fingerprint density at radius 3 is 1.73 bits per heavy atom. The molecule has 0 amide bonds. The van der Waals surface area contributed by atoms with E-state index in [-0.39, 0.29) is 7.05 Å². The summed E-state index contributed by atoms with van der Waals surface area (Å²) in [5.41, 5.74) is -5.91. The third kappa shape index (κ3) is 2.09. The van der Waals surface area contributed by atoms with E-state index in [9.17, 15) is 35.2 Å². The van der Waals surface area contributed by atoms with Gasteiger partial charge in [-0.15, -0.1) is 3.46 Å². The van der Waals surface area contributed by atoms with Gasteiger partial charge in [-0.25, -0.2) is 0 Å². The second-order valence-electron chi connectivity index (χ2n) is 2.56. The highest BCUT2D eigenvalue weighted by Gasteiger charge is 2.60. The van der Waals surface area contributed by atoms with Crippen LogP contribution in [0.1, 0.15) is 6.92 Å². The molecule has 0 rings (SSSR count). The Labute approximate surface area is 84.6 Å². The van der Waals surface area contributed by atoms with Crippen LogP contribution < -0.4 is 0 Å². The van der Waals surface area contributed by atoms with Gasteiger partial charge in [-0.3, -0.25) is 0 Å². The zero-order valence-corrected chi connectivity index (χ0v) is 9.28. The maximum absolute atomic E-state index is 11.9. The lowest BCUT2D eigenvalue weighted by atomic mass is 11.0. The highest BCUT2D eigenvalue weighted by molar-refractivity contribution is 7.98. The van der Waals surface area contributed by atoms with E-state index in [1.54, 1.807) is 0 Å². The van der Waals surface area contributed by atoms with Crippen LogP contribution in [0.2, 0.25) is 0 Å². The van der Waals surface area contributed by atoms with Crippen molar-refractivity contribution in [3.63, 3.8) is 0 Å². The van der Waals surface area contributed by atoms with Gasteiger partial charge < -0.3 is 5.21 Å². The molecule has 15 heavy (non-hydrogen) atoms. The summed E-state index contributed by atoms with van der Waals surface area (Å²) in [6, 6.07) is 0. The largest absolute Gasteiger partial charge is 0.601 e. The molecule has 0 radical (unpaired) electrons. The number of nitrogens with zero attached hydrogens (tertiary/aromatic N) is 1. The molecule has 1 unspecified atom stereocenters. The summed E-state index contributed by atoms with van der Waals surface area (Å²) < 4.78 is 75.5. The maximum atomic E-state index is 11.9. The van der Waals surface area contributed by atoms with E-state index < -0.39 is 34.8 Å². The normalized spacial score (nSPS) is 18.5. The van der Waals surface area contributed by atoms with Crippen LogP contribution in [0, 0.1) is 5.21 Å². The molecule has 0 N–H and O–H groups in total. The first-order chi connectivity index (χ1) is 6.31. The van der Waals surface area contributed by atoms with Gasteiger partial charge in [-0.1, -0.05) is 0 Å². The van der Waals surface area contributed by atoms with Crippen LogP contribution in [-0.4, -0.2) is 38.6 Å². The van der Waals surface area contributed by atoms with Crippen molar-refractivity contribution in [2.75, 3.05) is 12.8 Å². The van der Waals surface area contributed by atoms with E-state index in [2.05, 4.69) is 0 Å². The first-order valence-electron chi connectivity index (χ1n) is 3.43. The Morgan fingerprint density at radius 2 is 1.53 bits per heavy atom. The third-order valence-corrected chi connectivity index (χ3v) is 6.07. The fourth-order valence-corrected chi connectivity index (χ4v) is 3.18. The predicted molar refractivity (Wildman–Crippen MR) is 44.0 cm³/mol. The average molecular weight is 271 g/mol. The van der Waals surface area contributed by atoms with Crippen LogP contribution in [0.5, 0.6) is 0 Å². The fraction of sp³-hybridized carbons (Fsp3) is 1.00. The molecule has 0 bridgehead atoms. The molecule has 0 aliphatic carbocycles. The molecule has 0 heterocycles. The lowest BCUT2D eigenvalue weighted by molar-refractivity contribution is -0.588. The summed E-state index contributed by atoms with van der Waals surface area (Å²) in [7, 11) is -11.4. The minimum absolute atomic E-state index is 0.0817. The molecule has 1 atom stereocenters. The van der Waals surface area contributed by atoms with Crippen LogP contribution in [0.3, 0.4) is 0 Å². The van der Waals surface area contributed by atoms with E-state index in [0.717, 1.165) is 6.92 Å². The number of quaternary nitrogens is 1. The number of hydrogen-bond donors (Lipinski definition) is 0. The molecule has 0 aromatic heterocycles. The predicted octanol–water partition coefficient (Wildman–Crippen LogP) is 0.130. The van der Waals surface area contributed by atoms with E-state index >= 15 is 0 Å². The van der Waals surface area contributed by atoms with Gasteiger partial charge in [0.25, 0.3) is 0 Å². The monoisotopic (exact) mass is 271 g/mol. The van der Waals surface area contributed by atoms with Crippen LogP contribution in [0.15, 0.2) is 0 Å². The SMILES string of the molecule is CCS(=O)(=O)[N+](C)([O-])S(=O)(=O)C(F)(F)F. The maximum Gasteiger partial charge on any atom is 0.551 e.